The first-order valence-electron chi connectivity index (χ1n) is 8.50. The van der Waals surface area contributed by atoms with Crippen LogP contribution >= 0.6 is 23.2 Å². The predicted molar refractivity (Wildman–Crippen MR) is 114 cm³/mol. The van der Waals surface area contributed by atoms with E-state index in [-0.39, 0.29) is 12.3 Å². The molecule has 7 heteroatoms. The first-order chi connectivity index (χ1) is 14.0. The summed E-state index contributed by atoms with van der Waals surface area (Å²) in [6, 6.07) is 20.5. The van der Waals surface area contributed by atoms with Gasteiger partial charge in [0.15, 0.2) is 0 Å². The van der Waals surface area contributed by atoms with Gasteiger partial charge in [0.2, 0.25) is 0 Å². The van der Waals surface area contributed by atoms with Crippen molar-refractivity contribution in [1.82, 2.24) is 0 Å². The molecule has 0 heterocycles. The van der Waals surface area contributed by atoms with Crippen molar-refractivity contribution in [1.29, 1.82) is 5.26 Å². The van der Waals surface area contributed by atoms with Gasteiger partial charge in [-0.3, -0.25) is 10.1 Å². The minimum Gasteiger partial charge on any atom is -0.488 e. The lowest BCUT2D eigenvalue weighted by Gasteiger charge is -2.10. The standard InChI is InChI=1S/C22H14Cl2N2O3/c23-20-9-8-15(10-21(20)24)14-29-22-7-2-1-4-17(22)11-18(13-25)16-5-3-6-19(12-16)26(27)28/h1-12H,14H2. The van der Waals surface area contributed by atoms with Gasteiger partial charge in [0, 0.05) is 17.7 Å². The number of ether oxygens (including phenoxy) is 1. The van der Waals surface area contributed by atoms with Gasteiger partial charge in [0.25, 0.3) is 5.69 Å². The second-order valence-electron chi connectivity index (χ2n) is 6.05. The fourth-order valence-electron chi connectivity index (χ4n) is 2.64. The van der Waals surface area contributed by atoms with E-state index in [1.54, 1.807) is 42.5 Å². The summed E-state index contributed by atoms with van der Waals surface area (Å²) < 4.78 is 5.90. The van der Waals surface area contributed by atoms with Gasteiger partial charge in [0.05, 0.1) is 26.6 Å². The van der Waals surface area contributed by atoms with Crippen molar-refractivity contribution < 1.29 is 9.66 Å². The molecule has 0 fully saturated rings. The zero-order chi connectivity index (χ0) is 20.8. The molecule has 0 aliphatic carbocycles. The zero-order valence-corrected chi connectivity index (χ0v) is 16.5. The largest absolute Gasteiger partial charge is 0.488 e. The second-order valence-corrected chi connectivity index (χ2v) is 6.87. The third-order valence-corrected chi connectivity index (χ3v) is 4.82. The fourth-order valence-corrected chi connectivity index (χ4v) is 2.97. The first kappa shape index (κ1) is 20.4. The molecule has 3 aromatic rings. The van der Waals surface area contributed by atoms with Crippen molar-refractivity contribution in [2.45, 2.75) is 6.61 Å². The topological polar surface area (TPSA) is 76.2 Å². The van der Waals surface area contributed by atoms with E-state index >= 15 is 0 Å². The molecule has 0 saturated carbocycles. The van der Waals surface area contributed by atoms with Gasteiger partial charge in [-0.05, 0) is 35.4 Å². The van der Waals surface area contributed by atoms with Crippen molar-refractivity contribution in [3.05, 3.63) is 104 Å². The summed E-state index contributed by atoms with van der Waals surface area (Å²) in [4.78, 5) is 10.5. The summed E-state index contributed by atoms with van der Waals surface area (Å²) in [6.07, 6.45) is 1.64. The maximum atomic E-state index is 11.0. The number of halogens is 2. The molecule has 0 aromatic heterocycles. The number of benzene rings is 3. The summed E-state index contributed by atoms with van der Waals surface area (Å²) in [7, 11) is 0. The minimum absolute atomic E-state index is 0.0761. The molecule has 0 N–H and O–H groups in total. The molecule has 144 valence electrons. The normalized spacial score (nSPS) is 11.0. The Hall–Kier alpha value is -3.33. The van der Waals surface area contributed by atoms with Gasteiger partial charge in [-0.2, -0.15) is 5.26 Å². The average Bonchev–Trinajstić information content (AvgIpc) is 2.73. The molecular formula is C22H14Cl2N2O3. The van der Waals surface area contributed by atoms with E-state index in [4.69, 9.17) is 27.9 Å². The fraction of sp³-hybridized carbons (Fsp3) is 0.0455. The highest BCUT2D eigenvalue weighted by Crippen LogP contribution is 2.28. The molecule has 3 rings (SSSR count). The minimum atomic E-state index is -0.493. The summed E-state index contributed by atoms with van der Waals surface area (Å²) >= 11 is 12.0. The third-order valence-electron chi connectivity index (χ3n) is 4.09. The average molecular weight is 425 g/mol. The van der Waals surface area contributed by atoms with Crippen LogP contribution in [0.15, 0.2) is 66.7 Å². The molecule has 0 bridgehead atoms. The molecule has 0 unspecified atom stereocenters. The van der Waals surface area contributed by atoms with Crippen LogP contribution in [0.5, 0.6) is 5.75 Å². The summed E-state index contributed by atoms with van der Waals surface area (Å²) in [5.74, 6) is 0.566. The number of non-ortho nitro benzene ring substituents is 1. The van der Waals surface area contributed by atoms with E-state index in [0.29, 0.717) is 32.5 Å². The van der Waals surface area contributed by atoms with E-state index < -0.39 is 4.92 Å². The lowest BCUT2D eigenvalue weighted by molar-refractivity contribution is -0.384. The van der Waals surface area contributed by atoms with Crippen LogP contribution in [-0.4, -0.2) is 4.92 Å². The van der Waals surface area contributed by atoms with Crippen LogP contribution in [0.4, 0.5) is 5.69 Å². The highest BCUT2D eigenvalue weighted by Gasteiger charge is 2.10. The molecule has 0 atom stereocenters. The Bertz CT molecular complexity index is 1140. The van der Waals surface area contributed by atoms with Crippen molar-refractivity contribution in [3.63, 3.8) is 0 Å². The number of hydrogen-bond donors (Lipinski definition) is 0. The highest BCUT2D eigenvalue weighted by molar-refractivity contribution is 6.42. The Balaban J connectivity index is 1.89. The molecule has 0 aliphatic heterocycles. The number of allylic oxidation sites excluding steroid dienone is 1. The molecule has 0 amide bonds. The summed E-state index contributed by atoms with van der Waals surface area (Å²) in [6.45, 7) is 0.264. The van der Waals surface area contributed by atoms with E-state index in [1.807, 2.05) is 18.2 Å². The van der Waals surface area contributed by atoms with Gasteiger partial charge >= 0.3 is 0 Å². The van der Waals surface area contributed by atoms with Crippen LogP contribution in [-0.2, 0) is 6.61 Å². The Labute approximate surface area is 177 Å². The molecule has 0 aliphatic rings. The van der Waals surface area contributed by atoms with Crippen LogP contribution in [0.2, 0.25) is 10.0 Å². The van der Waals surface area contributed by atoms with Crippen LogP contribution in [0.25, 0.3) is 11.6 Å². The number of hydrogen-bond acceptors (Lipinski definition) is 4. The Morgan fingerprint density at radius 2 is 1.86 bits per heavy atom. The van der Waals surface area contributed by atoms with Crippen molar-refractivity contribution in [2.24, 2.45) is 0 Å². The molecule has 0 spiro atoms. The lowest BCUT2D eigenvalue weighted by Crippen LogP contribution is -1.97. The van der Waals surface area contributed by atoms with Gasteiger partial charge in [0.1, 0.15) is 12.4 Å². The van der Waals surface area contributed by atoms with Gasteiger partial charge in [-0.15, -0.1) is 0 Å². The number of nitrogens with zero attached hydrogens (tertiary/aromatic N) is 2. The van der Waals surface area contributed by atoms with E-state index in [2.05, 4.69) is 6.07 Å². The number of nitro benzene ring substituents is 1. The monoisotopic (exact) mass is 424 g/mol. The van der Waals surface area contributed by atoms with Gasteiger partial charge in [-0.25, -0.2) is 0 Å². The lowest BCUT2D eigenvalue weighted by atomic mass is 10.0. The molecule has 3 aromatic carbocycles. The Morgan fingerprint density at radius 3 is 2.59 bits per heavy atom. The van der Waals surface area contributed by atoms with Crippen LogP contribution < -0.4 is 4.74 Å². The third kappa shape index (κ3) is 5.14. The number of nitriles is 1. The van der Waals surface area contributed by atoms with Crippen LogP contribution in [0, 0.1) is 21.4 Å². The molecule has 29 heavy (non-hydrogen) atoms. The molecule has 0 saturated heterocycles. The Kier molecular flexibility index (Phi) is 6.50. The van der Waals surface area contributed by atoms with E-state index in [1.165, 1.54) is 12.1 Å². The molecular weight excluding hydrogens is 411 g/mol. The van der Waals surface area contributed by atoms with Crippen LogP contribution in [0.3, 0.4) is 0 Å². The van der Waals surface area contributed by atoms with Gasteiger partial charge < -0.3 is 4.74 Å². The van der Waals surface area contributed by atoms with E-state index in [0.717, 1.165) is 5.56 Å². The number of para-hydroxylation sites is 1. The first-order valence-corrected chi connectivity index (χ1v) is 9.26. The van der Waals surface area contributed by atoms with Crippen LogP contribution in [0.1, 0.15) is 16.7 Å². The molecule has 5 nitrogen and oxygen atoms in total. The molecule has 0 radical (unpaired) electrons. The van der Waals surface area contributed by atoms with Crippen molar-refractivity contribution in [2.75, 3.05) is 0 Å². The van der Waals surface area contributed by atoms with Crippen molar-refractivity contribution in [3.8, 4) is 11.8 Å². The smallest absolute Gasteiger partial charge is 0.270 e. The quantitative estimate of drug-likeness (QED) is 0.194. The summed E-state index contributed by atoms with van der Waals surface area (Å²) in [5, 5.41) is 21.5. The predicted octanol–water partition coefficient (Wildman–Crippen LogP) is 6.54. The number of nitro groups is 1. The highest BCUT2D eigenvalue weighted by atomic mass is 35.5. The SMILES string of the molecule is N#CC(=Cc1ccccc1OCc1ccc(Cl)c(Cl)c1)c1cccc([N+](=O)[O-])c1. The summed E-state index contributed by atoms with van der Waals surface area (Å²) in [5.41, 5.74) is 2.20. The second kappa shape index (κ2) is 9.24. The maximum Gasteiger partial charge on any atom is 0.270 e. The maximum absolute atomic E-state index is 11.0. The number of rotatable bonds is 6. The van der Waals surface area contributed by atoms with Crippen molar-refractivity contribution >= 4 is 40.5 Å². The van der Waals surface area contributed by atoms with Gasteiger partial charge in [-0.1, -0.05) is 59.6 Å². The van der Waals surface area contributed by atoms with E-state index in [9.17, 15) is 15.4 Å². The zero-order valence-electron chi connectivity index (χ0n) is 15.0. The Morgan fingerprint density at radius 1 is 1.07 bits per heavy atom.